The lowest BCUT2D eigenvalue weighted by molar-refractivity contribution is -0.120. The summed E-state index contributed by atoms with van der Waals surface area (Å²) in [5, 5.41) is 8.79. The second-order valence-corrected chi connectivity index (χ2v) is 10.6. The number of amides is 2. The lowest BCUT2D eigenvalue weighted by atomic mass is 9.98. The van der Waals surface area contributed by atoms with Crippen LogP contribution in [0.25, 0.3) is 21.7 Å². The highest BCUT2D eigenvalue weighted by Crippen LogP contribution is 2.24. The maximum Gasteiger partial charge on any atom is 0.255 e. The second kappa shape index (κ2) is 12.3. The van der Waals surface area contributed by atoms with E-state index in [1.807, 2.05) is 66.9 Å². The minimum Gasteiger partial charge on any atom is -0.361 e. The number of aromatic amines is 1. The van der Waals surface area contributed by atoms with Crippen LogP contribution >= 0.6 is 15.9 Å². The Hall–Kier alpha value is -4.27. The normalized spacial score (nSPS) is 11.8. The molecule has 202 valence electrons. The zero-order valence-corrected chi connectivity index (χ0v) is 23.3. The van der Waals surface area contributed by atoms with Crippen molar-refractivity contribution < 1.29 is 14.4 Å². The fourth-order valence-electron chi connectivity index (χ4n) is 4.79. The van der Waals surface area contributed by atoms with Crippen LogP contribution in [0.3, 0.4) is 0 Å². The zero-order chi connectivity index (χ0) is 28.1. The van der Waals surface area contributed by atoms with Crippen molar-refractivity contribution in [2.24, 2.45) is 5.73 Å². The predicted molar refractivity (Wildman–Crippen MR) is 163 cm³/mol. The van der Waals surface area contributed by atoms with E-state index in [0.717, 1.165) is 27.2 Å². The molecule has 0 radical (unpaired) electrons. The molecule has 40 heavy (non-hydrogen) atoms. The summed E-state index contributed by atoms with van der Waals surface area (Å²) < 4.78 is 0.670. The van der Waals surface area contributed by atoms with Gasteiger partial charge in [0.05, 0.1) is 17.3 Å². The van der Waals surface area contributed by atoms with Crippen LogP contribution in [0.1, 0.15) is 39.1 Å². The first kappa shape index (κ1) is 27.3. The number of aromatic nitrogens is 1. The Morgan fingerprint density at radius 2 is 1.65 bits per heavy atom. The van der Waals surface area contributed by atoms with Crippen molar-refractivity contribution in [1.82, 2.24) is 10.3 Å². The average molecular weight is 598 g/mol. The number of nitrogens with one attached hydrogen (secondary N) is 3. The van der Waals surface area contributed by atoms with E-state index in [2.05, 4.69) is 31.5 Å². The minimum absolute atomic E-state index is 0.0965. The number of fused-ring (bicyclic) bond motifs is 2. The van der Waals surface area contributed by atoms with Crippen molar-refractivity contribution >= 4 is 60.9 Å². The van der Waals surface area contributed by atoms with Crippen molar-refractivity contribution in [3.63, 3.8) is 0 Å². The van der Waals surface area contributed by atoms with Crippen molar-refractivity contribution in [1.29, 1.82) is 0 Å². The molecule has 1 aromatic heterocycles. The van der Waals surface area contributed by atoms with E-state index in [1.165, 1.54) is 0 Å². The van der Waals surface area contributed by atoms with Gasteiger partial charge in [-0.1, -0.05) is 64.5 Å². The molecule has 0 fully saturated rings. The Labute approximate surface area is 240 Å². The first-order valence-corrected chi connectivity index (χ1v) is 13.9. The van der Waals surface area contributed by atoms with Crippen molar-refractivity contribution in [3.8, 4) is 0 Å². The first-order valence-electron chi connectivity index (χ1n) is 13.1. The smallest absolute Gasteiger partial charge is 0.255 e. The van der Waals surface area contributed by atoms with Crippen LogP contribution in [0.15, 0.2) is 95.6 Å². The molecule has 2 amide bonds. The van der Waals surface area contributed by atoms with Gasteiger partial charge in [0, 0.05) is 40.0 Å². The second-order valence-electron chi connectivity index (χ2n) is 9.65. The lowest BCUT2D eigenvalue weighted by Crippen LogP contribution is -2.42. The predicted octanol–water partition coefficient (Wildman–Crippen LogP) is 5.99. The number of benzene rings is 4. The molecule has 7 nitrogen and oxygen atoms in total. The maximum absolute atomic E-state index is 13.6. The molecule has 5 rings (SSSR count). The first-order chi connectivity index (χ1) is 19.4. The standard InChI is InChI=1S/C32H29BrN4O3/c33-24-13-14-28(36-31(39)22-12-11-20-6-1-2-7-21(20)16-22)26(18-24)32(40)37-29(30(38)10-5-15-34)17-23-19-35-27-9-4-3-8-25(23)27/h1-4,6-9,11-14,16,18-19,29,35H,5,10,15,17,34H2,(H,36,39)(H,37,40)/t29-/m0/s1. The highest BCUT2D eigenvalue weighted by molar-refractivity contribution is 9.10. The van der Waals surface area contributed by atoms with Crippen LogP contribution in [0, 0.1) is 0 Å². The summed E-state index contributed by atoms with van der Waals surface area (Å²) in [6, 6.07) is 25.4. The van der Waals surface area contributed by atoms with Gasteiger partial charge in [0.2, 0.25) is 0 Å². The number of ketones is 1. The quantitative estimate of drug-likeness (QED) is 0.158. The molecule has 0 saturated heterocycles. The van der Waals surface area contributed by atoms with E-state index >= 15 is 0 Å². The molecule has 5 N–H and O–H groups in total. The van der Waals surface area contributed by atoms with E-state index < -0.39 is 11.9 Å². The van der Waals surface area contributed by atoms with Gasteiger partial charge in [-0.05, 0) is 65.7 Å². The Morgan fingerprint density at radius 1 is 0.875 bits per heavy atom. The van der Waals surface area contributed by atoms with Crippen molar-refractivity contribution in [3.05, 3.63) is 112 Å². The molecular formula is C32H29BrN4O3. The molecule has 0 aliphatic rings. The molecule has 8 heteroatoms. The molecule has 0 bridgehead atoms. The minimum atomic E-state index is -0.763. The number of hydrogen-bond donors (Lipinski definition) is 4. The van der Waals surface area contributed by atoms with Gasteiger partial charge in [-0.15, -0.1) is 0 Å². The summed E-state index contributed by atoms with van der Waals surface area (Å²) in [6.07, 6.45) is 2.98. The number of nitrogens with two attached hydrogens (primary N) is 1. The molecular weight excluding hydrogens is 568 g/mol. The summed E-state index contributed by atoms with van der Waals surface area (Å²) in [5.74, 6) is -0.890. The maximum atomic E-state index is 13.6. The van der Waals surface area contributed by atoms with Crippen LogP contribution in [0.4, 0.5) is 5.69 Å². The van der Waals surface area contributed by atoms with Crippen LogP contribution in [-0.2, 0) is 11.2 Å². The molecule has 1 heterocycles. The molecule has 0 unspecified atom stereocenters. The monoisotopic (exact) mass is 596 g/mol. The Bertz CT molecular complexity index is 1710. The van der Waals surface area contributed by atoms with E-state index in [9.17, 15) is 14.4 Å². The van der Waals surface area contributed by atoms with Gasteiger partial charge in [0.15, 0.2) is 5.78 Å². The Kier molecular flexibility index (Phi) is 8.38. The van der Waals surface area contributed by atoms with Gasteiger partial charge in [-0.25, -0.2) is 0 Å². The summed E-state index contributed by atoms with van der Waals surface area (Å²) in [5.41, 5.74) is 8.61. The number of halogens is 1. The SMILES string of the molecule is NCCCC(=O)[C@H](Cc1c[nH]c2ccccc12)NC(=O)c1cc(Br)ccc1NC(=O)c1ccc2ccccc2c1. The molecule has 0 saturated carbocycles. The van der Waals surface area contributed by atoms with Gasteiger partial charge in [0.1, 0.15) is 0 Å². The molecule has 1 atom stereocenters. The van der Waals surface area contributed by atoms with Gasteiger partial charge in [-0.3, -0.25) is 14.4 Å². The third-order valence-electron chi connectivity index (χ3n) is 6.91. The van der Waals surface area contributed by atoms with Crippen molar-refractivity contribution in [2.75, 3.05) is 11.9 Å². The molecule has 0 aliphatic carbocycles. The van der Waals surface area contributed by atoms with E-state index in [0.29, 0.717) is 35.1 Å². The number of rotatable bonds is 10. The zero-order valence-electron chi connectivity index (χ0n) is 21.7. The Morgan fingerprint density at radius 3 is 2.48 bits per heavy atom. The van der Waals surface area contributed by atoms with Crippen LogP contribution in [0.2, 0.25) is 0 Å². The fraction of sp³-hybridized carbons (Fsp3) is 0.156. The largest absolute Gasteiger partial charge is 0.361 e. The average Bonchev–Trinajstić information content (AvgIpc) is 3.38. The van der Waals surface area contributed by atoms with Crippen LogP contribution in [0.5, 0.6) is 0 Å². The van der Waals surface area contributed by atoms with Gasteiger partial charge < -0.3 is 21.4 Å². The summed E-state index contributed by atoms with van der Waals surface area (Å²) in [4.78, 5) is 43.2. The molecule has 4 aromatic carbocycles. The molecule has 5 aromatic rings. The number of para-hydroxylation sites is 1. The summed E-state index contributed by atoms with van der Waals surface area (Å²) >= 11 is 3.43. The number of anilines is 1. The van der Waals surface area contributed by atoms with Gasteiger partial charge >= 0.3 is 0 Å². The summed E-state index contributed by atoms with van der Waals surface area (Å²) in [7, 11) is 0. The fourth-order valence-corrected chi connectivity index (χ4v) is 5.15. The van der Waals surface area contributed by atoms with E-state index in [4.69, 9.17) is 5.73 Å². The number of Topliss-reactive ketones (excluding diaryl/α,β-unsaturated/α-hetero) is 1. The third kappa shape index (κ3) is 6.14. The van der Waals surface area contributed by atoms with Gasteiger partial charge in [0.25, 0.3) is 11.8 Å². The highest BCUT2D eigenvalue weighted by Gasteiger charge is 2.24. The third-order valence-corrected chi connectivity index (χ3v) is 7.40. The van der Waals surface area contributed by atoms with Gasteiger partial charge in [-0.2, -0.15) is 0 Å². The summed E-state index contributed by atoms with van der Waals surface area (Å²) in [6.45, 7) is 0.385. The molecule has 0 aliphatic heterocycles. The van der Waals surface area contributed by atoms with E-state index in [1.54, 1.807) is 24.3 Å². The molecule has 0 spiro atoms. The van der Waals surface area contributed by atoms with Crippen LogP contribution in [-0.4, -0.2) is 35.2 Å². The number of carbonyl (C=O) groups is 3. The number of hydrogen-bond acceptors (Lipinski definition) is 4. The van der Waals surface area contributed by atoms with Crippen molar-refractivity contribution in [2.45, 2.75) is 25.3 Å². The number of H-pyrrole nitrogens is 1. The number of carbonyl (C=O) groups excluding carboxylic acids is 3. The highest BCUT2D eigenvalue weighted by atomic mass is 79.9. The topological polar surface area (TPSA) is 117 Å². The Balaban J connectivity index is 1.40. The lowest BCUT2D eigenvalue weighted by Gasteiger charge is -2.19. The van der Waals surface area contributed by atoms with E-state index in [-0.39, 0.29) is 23.7 Å². The van der Waals surface area contributed by atoms with Crippen LogP contribution < -0.4 is 16.4 Å².